The van der Waals surface area contributed by atoms with Crippen LogP contribution in [0.5, 0.6) is 0 Å². The molecule has 2 N–H and O–H groups in total. The van der Waals surface area contributed by atoms with Gasteiger partial charge in [0.1, 0.15) is 6.33 Å². The Morgan fingerprint density at radius 3 is 2.40 bits per heavy atom. The molecule has 0 amide bonds. The Balaban J connectivity index is 1.37. The third-order valence-electron chi connectivity index (χ3n) is 5.88. The largest absolute Gasteiger partial charge is 0.259 e. The first kappa shape index (κ1) is 16.7. The van der Waals surface area contributed by atoms with Crippen molar-refractivity contribution in [3.05, 3.63) is 36.2 Å². The number of nitrogens with one attached hydrogen (secondary N) is 2. The minimum Gasteiger partial charge on any atom is -0.259 e. The molecule has 0 saturated heterocycles. The number of hydrogen-bond donors (Lipinski definition) is 2. The Morgan fingerprint density at radius 1 is 1.12 bits per heavy atom. The third kappa shape index (κ3) is 3.77. The van der Waals surface area contributed by atoms with Crippen LogP contribution >= 0.6 is 0 Å². The van der Waals surface area contributed by atoms with Gasteiger partial charge in [0.2, 0.25) is 10.0 Å². The van der Waals surface area contributed by atoms with Gasteiger partial charge in [-0.05, 0) is 55.4 Å². The lowest BCUT2D eigenvalue weighted by Gasteiger charge is -2.46. The third-order valence-corrected chi connectivity index (χ3v) is 7.46. The van der Waals surface area contributed by atoms with Gasteiger partial charge in [-0.1, -0.05) is 24.3 Å². The molecular weight excluding hydrogens is 336 g/mol. The number of nitrogens with zero attached hydrogens (tertiary/aromatic N) is 2. The van der Waals surface area contributed by atoms with Crippen LogP contribution in [0.3, 0.4) is 0 Å². The summed E-state index contributed by atoms with van der Waals surface area (Å²) in [7, 11) is -3.26. The average Bonchev–Trinajstić information content (AvgIpc) is 3.16. The minimum atomic E-state index is -3.26. The molecule has 25 heavy (non-hydrogen) atoms. The molecule has 0 radical (unpaired) electrons. The van der Waals surface area contributed by atoms with Crippen molar-refractivity contribution < 1.29 is 8.42 Å². The Morgan fingerprint density at radius 2 is 1.80 bits per heavy atom. The highest BCUT2D eigenvalue weighted by Crippen LogP contribution is 2.50. The summed E-state index contributed by atoms with van der Waals surface area (Å²) in [6, 6.07) is 7.69. The second-order valence-electron chi connectivity index (χ2n) is 7.59. The molecule has 0 spiro atoms. The number of hydrogen-bond acceptors (Lipinski definition) is 4. The van der Waals surface area contributed by atoms with E-state index in [2.05, 4.69) is 19.9 Å². The van der Waals surface area contributed by atoms with E-state index in [0.717, 1.165) is 36.3 Å². The molecular formula is C18H24N4O2S. The smallest absolute Gasteiger partial charge is 0.212 e. The van der Waals surface area contributed by atoms with Crippen molar-refractivity contribution in [2.24, 2.45) is 11.3 Å². The molecule has 5 rings (SSSR count). The number of aromatic amines is 1. The summed E-state index contributed by atoms with van der Waals surface area (Å²) in [6.45, 7) is 0.331. The van der Waals surface area contributed by atoms with Crippen molar-refractivity contribution in [2.45, 2.75) is 45.1 Å². The van der Waals surface area contributed by atoms with Crippen molar-refractivity contribution in [1.82, 2.24) is 19.9 Å². The molecule has 0 aliphatic heterocycles. The van der Waals surface area contributed by atoms with E-state index in [0.29, 0.717) is 12.4 Å². The average molecular weight is 360 g/mol. The first-order valence-corrected chi connectivity index (χ1v) is 10.6. The molecule has 2 aromatic rings. The molecule has 1 aromatic heterocycles. The van der Waals surface area contributed by atoms with Gasteiger partial charge in [0.05, 0.1) is 5.75 Å². The molecule has 0 atom stereocenters. The second-order valence-corrected chi connectivity index (χ2v) is 9.40. The monoisotopic (exact) mass is 360 g/mol. The van der Waals surface area contributed by atoms with Gasteiger partial charge in [-0.25, -0.2) is 18.1 Å². The molecule has 7 heteroatoms. The summed E-state index contributed by atoms with van der Waals surface area (Å²) in [5.41, 5.74) is 1.90. The van der Waals surface area contributed by atoms with Crippen molar-refractivity contribution in [3.8, 4) is 11.4 Å². The molecule has 1 heterocycles. The molecule has 3 saturated carbocycles. The first-order valence-electron chi connectivity index (χ1n) is 8.96. The molecule has 3 aliphatic carbocycles. The van der Waals surface area contributed by atoms with Crippen molar-refractivity contribution >= 4 is 10.0 Å². The first-order chi connectivity index (χ1) is 12.0. The lowest BCUT2D eigenvalue weighted by molar-refractivity contribution is 0.0858. The molecule has 3 aliphatic rings. The zero-order chi connectivity index (χ0) is 17.3. The maximum Gasteiger partial charge on any atom is 0.212 e. The summed E-state index contributed by atoms with van der Waals surface area (Å²) >= 11 is 0. The summed E-state index contributed by atoms with van der Waals surface area (Å²) in [5.74, 6) is 1.84. The van der Waals surface area contributed by atoms with Crippen molar-refractivity contribution in [3.63, 3.8) is 0 Å². The maximum atomic E-state index is 12.6. The summed E-state index contributed by atoms with van der Waals surface area (Å²) < 4.78 is 27.9. The SMILES string of the molecule is O=S(=O)(CC12CCC(CC1)CC2)NCc1ccc(-c2ncn[nH]2)cc1. The van der Waals surface area contributed by atoms with Crippen LogP contribution in [-0.4, -0.2) is 29.4 Å². The van der Waals surface area contributed by atoms with Crippen LogP contribution in [0.1, 0.15) is 44.1 Å². The number of aromatic nitrogens is 3. The highest BCUT2D eigenvalue weighted by Gasteiger charge is 2.43. The van der Waals surface area contributed by atoms with Gasteiger partial charge in [0.15, 0.2) is 5.82 Å². The molecule has 1 aromatic carbocycles. The molecule has 0 unspecified atom stereocenters. The van der Waals surface area contributed by atoms with Crippen LogP contribution in [0.4, 0.5) is 0 Å². The van der Waals surface area contributed by atoms with Crippen LogP contribution in [-0.2, 0) is 16.6 Å². The zero-order valence-electron chi connectivity index (χ0n) is 14.2. The van der Waals surface area contributed by atoms with E-state index in [1.54, 1.807) is 0 Å². The van der Waals surface area contributed by atoms with E-state index in [-0.39, 0.29) is 11.2 Å². The Hall–Kier alpha value is -1.73. The van der Waals surface area contributed by atoms with E-state index < -0.39 is 10.0 Å². The van der Waals surface area contributed by atoms with Crippen molar-refractivity contribution in [1.29, 1.82) is 0 Å². The van der Waals surface area contributed by atoms with Gasteiger partial charge >= 0.3 is 0 Å². The van der Waals surface area contributed by atoms with E-state index >= 15 is 0 Å². The molecule has 134 valence electrons. The summed E-state index contributed by atoms with van der Waals surface area (Å²) in [5, 5.41) is 6.65. The highest BCUT2D eigenvalue weighted by atomic mass is 32.2. The fraction of sp³-hybridized carbons (Fsp3) is 0.556. The Kier molecular flexibility index (Phi) is 4.37. The quantitative estimate of drug-likeness (QED) is 0.829. The van der Waals surface area contributed by atoms with E-state index in [1.165, 1.54) is 25.6 Å². The number of sulfonamides is 1. The lowest BCUT2D eigenvalue weighted by atomic mass is 9.62. The fourth-order valence-corrected chi connectivity index (χ4v) is 6.06. The van der Waals surface area contributed by atoms with Gasteiger partial charge in [-0.15, -0.1) is 0 Å². The van der Waals surface area contributed by atoms with Gasteiger partial charge in [0, 0.05) is 12.1 Å². The number of H-pyrrole nitrogens is 1. The van der Waals surface area contributed by atoms with Crippen LogP contribution < -0.4 is 4.72 Å². The summed E-state index contributed by atoms with van der Waals surface area (Å²) in [4.78, 5) is 4.11. The van der Waals surface area contributed by atoms with E-state index in [1.807, 2.05) is 24.3 Å². The van der Waals surface area contributed by atoms with Crippen LogP contribution in [0.25, 0.3) is 11.4 Å². The number of benzene rings is 1. The van der Waals surface area contributed by atoms with Gasteiger partial charge < -0.3 is 0 Å². The fourth-order valence-electron chi connectivity index (χ4n) is 4.33. The second kappa shape index (κ2) is 6.53. The standard InChI is InChI=1S/C18H24N4O2S/c23-25(24,12-18-8-5-14(6-9-18)7-10-18)21-11-15-1-3-16(4-2-15)17-19-13-20-22-17/h1-4,13-14,21H,5-12H2,(H,19,20,22). The van der Waals surface area contributed by atoms with Gasteiger partial charge in [0.25, 0.3) is 0 Å². The number of rotatable bonds is 6. The minimum absolute atomic E-state index is 0.0245. The lowest BCUT2D eigenvalue weighted by Crippen LogP contribution is -2.42. The van der Waals surface area contributed by atoms with E-state index in [4.69, 9.17) is 0 Å². The number of fused-ring (bicyclic) bond motifs is 3. The van der Waals surface area contributed by atoms with Crippen LogP contribution in [0.2, 0.25) is 0 Å². The van der Waals surface area contributed by atoms with Crippen LogP contribution in [0.15, 0.2) is 30.6 Å². The predicted octanol–water partition coefficient (Wildman–Crippen LogP) is 2.86. The molecule has 6 nitrogen and oxygen atoms in total. The topological polar surface area (TPSA) is 87.7 Å². The van der Waals surface area contributed by atoms with E-state index in [9.17, 15) is 8.42 Å². The predicted molar refractivity (Wildman–Crippen MR) is 96.1 cm³/mol. The maximum absolute atomic E-state index is 12.6. The zero-order valence-corrected chi connectivity index (χ0v) is 15.1. The highest BCUT2D eigenvalue weighted by molar-refractivity contribution is 7.89. The van der Waals surface area contributed by atoms with Gasteiger partial charge in [-0.3, -0.25) is 5.10 Å². The molecule has 2 bridgehead atoms. The van der Waals surface area contributed by atoms with Crippen LogP contribution in [0, 0.1) is 11.3 Å². The van der Waals surface area contributed by atoms with Crippen molar-refractivity contribution in [2.75, 3.05) is 5.75 Å². The molecule has 3 fully saturated rings. The summed E-state index contributed by atoms with van der Waals surface area (Å²) in [6.07, 6.45) is 8.31. The normalized spacial score (nSPS) is 26.0. The van der Waals surface area contributed by atoms with Gasteiger partial charge in [-0.2, -0.15) is 5.10 Å². The Labute approximate surface area is 148 Å². The Bertz CT molecular complexity index is 793.